The van der Waals surface area contributed by atoms with E-state index in [0.29, 0.717) is 10.7 Å². The molecule has 1 aliphatic carbocycles. The molecule has 0 fully saturated rings. The van der Waals surface area contributed by atoms with Gasteiger partial charge in [0.25, 0.3) is 5.17 Å². The molecule has 0 radical (unpaired) electrons. The lowest BCUT2D eigenvalue weighted by Crippen LogP contribution is -3.00. The first-order valence-electron chi connectivity index (χ1n) is 3.96. The maximum absolute atomic E-state index is 11.6. The Morgan fingerprint density at radius 2 is 2.13 bits per heavy atom. The van der Waals surface area contributed by atoms with Crippen molar-refractivity contribution in [1.82, 2.24) is 0 Å². The fourth-order valence-electron chi connectivity index (χ4n) is 1.17. The van der Waals surface area contributed by atoms with E-state index in [9.17, 15) is 4.79 Å². The van der Waals surface area contributed by atoms with Crippen LogP contribution in [0.3, 0.4) is 0 Å². The summed E-state index contributed by atoms with van der Waals surface area (Å²) in [4.78, 5) is 12.4. The van der Waals surface area contributed by atoms with Gasteiger partial charge >= 0.3 is 0 Å². The van der Waals surface area contributed by atoms with Crippen LogP contribution < -0.4 is 16.8 Å². The van der Waals surface area contributed by atoms with Crippen molar-refractivity contribution in [1.29, 1.82) is 0 Å². The zero-order valence-corrected chi connectivity index (χ0v) is 10.9. The third kappa shape index (κ3) is 2.69. The van der Waals surface area contributed by atoms with Crippen LogP contribution in [0.25, 0.3) is 0 Å². The Balaban J connectivity index is 0.00000112. The van der Waals surface area contributed by atoms with E-state index in [1.54, 1.807) is 12.2 Å². The average Bonchev–Trinajstić information content (AvgIpc) is 2.56. The van der Waals surface area contributed by atoms with Crippen LogP contribution >= 0.6 is 33.4 Å². The number of rotatable bonds is 0. The molecular formula is C9H7Cl2NOS2. The van der Waals surface area contributed by atoms with Crippen LogP contribution in [-0.2, 0) is 4.79 Å². The van der Waals surface area contributed by atoms with Gasteiger partial charge < -0.3 is 12.4 Å². The Morgan fingerprint density at radius 1 is 1.40 bits per heavy atom. The number of halogens is 2. The number of hydrogen-bond donors (Lipinski definition) is 1. The number of carbonyl (C=O) groups is 1. The van der Waals surface area contributed by atoms with Crippen molar-refractivity contribution >= 4 is 44.3 Å². The van der Waals surface area contributed by atoms with E-state index in [-0.39, 0.29) is 18.2 Å². The Hall–Kier alpha value is -0.160. The van der Waals surface area contributed by atoms with Gasteiger partial charge in [0.05, 0.1) is 0 Å². The third-order valence-electron chi connectivity index (χ3n) is 1.84. The van der Waals surface area contributed by atoms with E-state index in [4.69, 9.17) is 11.6 Å². The second-order valence-electron chi connectivity index (χ2n) is 2.91. The SMILES string of the molecule is CC1=C/C(=C2/SS[NH+]=C2Cl)C(=O)C=C1.[Cl-]. The largest absolute Gasteiger partial charge is 1.00 e. The van der Waals surface area contributed by atoms with Crippen molar-refractivity contribution < 1.29 is 21.6 Å². The Bertz CT molecular complexity index is 424. The molecule has 80 valence electrons. The zero-order chi connectivity index (χ0) is 10.1. The molecule has 2 rings (SSSR count). The monoisotopic (exact) mass is 279 g/mol. The lowest BCUT2D eigenvalue weighted by molar-refractivity contribution is -0.233. The van der Waals surface area contributed by atoms with Crippen LogP contribution in [0.4, 0.5) is 0 Å². The summed E-state index contributed by atoms with van der Waals surface area (Å²) in [7, 11) is 2.90. The highest BCUT2D eigenvalue weighted by Crippen LogP contribution is 2.34. The summed E-state index contributed by atoms with van der Waals surface area (Å²) in [5, 5.41) is 0.544. The molecule has 15 heavy (non-hydrogen) atoms. The summed E-state index contributed by atoms with van der Waals surface area (Å²) in [5.74, 6) is 0.0144. The molecule has 0 bridgehead atoms. The molecule has 0 saturated carbocycles. The van der Waals surface area contributed by atoms with Gasteiger partial charge in [0, 0.05) is 16.4 Å². The van der Waals surface area contributed by atoms with Crippen molar-refractivity contribution in [2.24, 2.45) is 0 Å². The minimum absolute atomic E-state index is 0. The second kappa shape index (κ2) is 5.25. The summed E-state index contributed by atoms with van der Waals surface area (Å²) in [6.45, 7) is 1.96. The fourth-order valence-corrected chi connectivity index (χ4v) is 3.66. The van der Waals surface area contributed by atoms with E-state index in [0.717, 1.165) is 10.5 Å². The van der Waals surface area contributed by atoms with Gasteiger partial charge in [-0.05, 0) is 30.7 Å². The van der Waals surface area contributed by atoms with Gasteiger partial charge in [0.15, 0.2) is 5.78 Å². The van der Waals surface area contributed by atoms with Crippen molar-refractivity contribution in [3.05, 3.63) is 34.3 Å². The summed E-state index contributed by atoms with van der Waals surface area (Å²) in [6, 6.07) is 0. The first kappa shape index (κ1) is 12.9. The van der Waals surface area contributed by atoms with Crippen LogP contribution in [0.15, 0.2) is 34.3 Å². The molecule has 1 N–H and O–H groups in total. The number of ketones is 1. The van der Waals surface area contributed by atoms with Gasteiger partial charge in [-0.25, -0.2) is 0 Å². The topological polar surface area (TPSA) is 31.0 Å². The van der Waals surface area contributed by atoms with Crippen molar-refractivity contribution in [2.75, 3.05) is 0 Å². The second-order valence-corrected chi connectivity index (χ2v) is 5.24. The van der Waals surface area contributed by atoms with Crippen molar-refractivity contribution in [3.63, 3.8) is 0 Å². The highest BCUT2D eigenvalue weighted by Gasteiger charge is 2.27. The summed E-state index contributed by atoms with van der Waals surface area (Å²) in [6.07, 6.45) is 5.24. The molecule has 1 aliphatic heterocycles. The molecule has 0 saturated heterocycles. The number of nitrogens with one attached hydrogen (secondary N) is 1. The molecule has 1 heterocycles. The number of carbonyl (C=O) groups excluding carboxylic acids is 1. The third-order valence-corrected chi connectivity index (χ3v) is 4.30. The minimum Gasteiger partial charge on any atom is -1.00 e. The first-order chi connectivity index (χ1) is 6.68. The van der Waals surface area contributed by atoms with E-state index in [1.807, 2.05) is 13.0 Å². The lowest BCUT2D eigenvalue weighted by atomic mass is 10.0. The average molecular weight is 280 g/mol. The zero-order valence-electron chi connectivity index (χ0n) is 7.71. The highest BCUT2D eigenvalue weighted by molar-refractivity contribution is 8.76. The van der Waals surface area contributed by atoms with Crippen LogP contribution in [0.2, 0.25) is 0 Å². The van der Waals surface area contributed by atoms with Gasteiger partial charge in [0.2, 0.25) is 11.0 Å². The highest BCUT2D eigenvalue weighted by atomic mass is 35.5. The Kier molecular flexibility index (Phi) is 4.52. The van der Waals surface area contributed by atoms with E-state index >= 15 is 0 Å². The molecule has 0 spiro atoms. The molecule has 6 heteroatoms. The van der Waals surface area contributed by atoms with Crippen molar-refractivity contribution in [3.8, 4) is 0 Å². The molecule has 0 amide bonds. The maximum Gasteiger partial charge on any atom is 0.297 e. The maximum atomic E-state index is 11.6. The smallest absolute Gasteiger partial charge is 0.297 e. The molecule has 0 aromatic heterocycles. The first-order valence-corrected chi connectivity index (χ1v) is 6.48. The molecule has 0 aromatic carbocycles. The predicted molar refractivity (Wildman–Crippen MR) is 61.9 cm³/mol. The van der Waals surface area contributed by atoms with E-state index < -0.39 is 0 Å². The number of allylic oxidation sites excluding steroid dienone is 6. The Labute approximate surface area is 107 Å². The van der Waals surface area contributed by atoms with Gasteiger partial charge in [0.1, 0.15) is 4.91 Å². The normalized spacial score (nSPS) is 24.8. The number of hydrogen-bond acceptors (Lipinski definition) is 3. The molecule has 0 unspecified atom stereocenters. The molecule has 2 aliphatic rings. The van der Waals surface area contributed by atoms with Crippen LogP contribution in [-0.4, -0.2) is 11.0 Å². The molecule has 0 aromatic rings. The molecule has 0 atom stereocenters. The molecular weight excluding hydrogens is 273 g/mol. The summed E-state index contributed by atoms with van der Waals surface area (Å²) < 4.78 is 2.90. The lowest BCUT2D eigenvalue weighted by Gasteiger charge is -2.05. The predicted octanol–water partition coefficient (Wildman–Crippen LogP) is -1.64. The quantitative estimate of drug-likeness (QED) is 0.328. The van der Waals surface area contributed by atoms with E-state index in [1.165, 1.54) is 21.8 Å². The molecule has 2 nitrogen and oxygen atoms in total. The van der Waals surface area contributed by atoms with E-state index in [2.05, 4.69) is 4.40 Å². The summed E-state index contributed by atoms with van der Waals surface area (Å²) in [5.41, 5.74) is 1.74. The van der Waals surface area contributed by atoms with Gasteiger partial charge in [-0.1, -0.05) is 11.6 Å². The van der Waals surface area contributed by atoms with Crippen molar-refractivity contribution in [2.45, 2.75) is 6.92 Å². The Morgan fingerprint density at radius 3 is 2.73 bits per heavy atom. The van der Waals surface area contributed by atoms with Gasteiger partial charge in [-0.15, -0.1) is 0 Å². The van der Waals surface area contributed by atoms with Crippen LogP contribution in [0.1, 0.15) is 6.92 Å². The minimum atomic E-state index is 0. The standard InChI is InChI=1S/C9H6ClNOS2.ClH/c1-5-2-3-7(12)6(4-5)8-9(10)11-14-13-8;/h2-4H,1H3;1H/b8-6-;. The summed E-state index contributed by atoms with van der Waals surface area (Å²) >= 11 is 5.93. The van der Waals surface area contributed by atoms with Gasteiger partial charge in [-0.2, -0.15) is 4.40 Å². The van der Waals surface area contributed by atoms with Gasteiger partial charge in [-0.3, -0.25) is 4.79 Å². The van der Waals surface area contributed by atoms with Crippen LogP contribution in [0, 0.1) is 0 Å². The fraction of sp³-hybridized carbons (Fsp3) is 0.111. The van der Waals surface area contributed by atoms with Crippen LogP contribution in [0.5, 0.6) is 0 Å².